The summed E-state index contributed by atoms with van der Waals surface area (Å²) in [4.78, 5) is 27.7. The summed E-state index contributed by atoms with van der Waals surface area (Å²) < 4.78 is 10.7. The van der Waals surface area contributed by atoms with Crippen LogP contribution in [0.5, 0.6) is 11.5 Å². The largest absolute Gasteiger partial charge is 0.497 e. The fourth-order valence-corrected chi connectivity index (χ4v) is 3.48. The molecule has 3 aromatic rings. The van der Waals surface area contributed by atoms with Gasteiger partial charge in [-0.15, -0.1) is 0 Å². The Morgan fingerprint density at radius 3 is 1.69 bits per heavy atom. The first-order chi connectivity index (χ1) is 15.6. The van der Waals surface area contributed by atoms with E-state index in [1.807, 2.05) is 72.8 Å². The molecule has 1 saturated heterocycles. The second kappa shape index (κ2) is 9.79. The van der Waals surface area contributed by atoms with Gasteiger partial charge in [-0.25, -0.2) is 4.79 Å². The Hall–Kier alpha value is -4.12. The number of carbonyl (C=O) groups is 2. The third-order valence-electron chi connectivity index (χ3n) is 5.11. The van der Waals surface area contributed by atoms with Gasteiger partial charge in [0.15, 0.2) is 5.78 Å². The van der Waals surface area contributed by atoms with E-state index in [2.05, 4.69) is 0 Å². The molecule has 0 bridgehead atoms. The Morgan fingerprint density at radius 2 is 1.22 bits per heavy atom. The van der Waals surface area contributed by atoms with Crippen molar-refractivity contribution in [2.75, 3.05) is 20.2 Å². The van der Waals surface area contributed by atoms with Gasteiger partial charge in [0.2, 0.25) is 0 Å². The molecule has 0 spiro atoms. The molecule has 1 fully saturated rings. The number of ketones is 1. The average molecular weight is 425 g/mol. The van der Waals surface area contributed by atoms with E-state index in [0.717, 1.165) is 11.1 Å². The van der Waals surface area contributed by atoms with Crippen LogP contribution in [0, 0.1) is 0 Å². The van der Waals surface area contributed by atoms with Gasteiger partial charge in [0, 0.05) is 11.1 Å². The normalized spacial score (nSPS) is 16.3. The topological polar surface area (TPSA) is 55.8 Å². The molecule has 0 saturated carbocycles. The molecule has 1 amide bonds. The van der Waals surface area contributed by atoms with Crippen molar-refractivity contribution in [1.29, 1.82) is 0 Å². The lowest BCUT2D eigenvalue weighted by atomic mass is 9.94. The quantitative estimate of drug-likeness (QED) is 0.536. The summed E-state index contributed by atoms with van der Waals surface area (Å²) >= 11 is 0. The Bertz CT molecular complexity index is 1090. The molecule has 0 N–H and O–H groups in total. The fourth-order valence-electron chi connectivity index (χ4n) is 3.48. The first kappa shape index (κ1) is 21.1. The molecule has 0 aromatic heterocycles. The second-order valence-electron chi connectivity index (χ2n) is 7.39. The number of likely N-dealkylation sites (tertiary alicyclic amines) is 1. The van der Waals surface area contributed by atoms with Gasteiger partial charge in [0.1, 0.15) is 11.5 Å². The molecule has 0 unspecified atom stereocenters. The highest BCUT2D eigenvalue weighted by Crippen LogP contribution is 2.24. The van der Waals surface area contributed by atoms with E-state index < -0.39 is 6.09 Å². The Labute approximate surface area is 187 Å². The molecule has 5 heteroatoms. The van der Waals surface area contributed by atoms with Crippen LogP contribution in [0.2, 0.25) is 0 Å². The zero-order valence-electron chi connectivity index (χ0n) is 17.7. The number of amides is 1. The maximum Gasteiger partial charge on any atom is 0.415 e. The number of hydrogen-bond donors (Lipinski definition) is 0. The molecular weight excluding hydrogens is 402 g/mol. The molecule has 0 radical (unpaired) electrons. The van der Waals surface area contributed by atoms with Crippen LogP contribution in [0.25, 0.3) is 12.2 Å². The lowest BCUT2D eigenvalue weighted by Crippen LogP contribution is -2.43. The molecule has 0 aliphatic carbocycles. The second-order valence-corrected chi connectivity index (χ2v) is 7.39. The molecule has 160 valence electrons. The summed E-state index contributed by atoms with van der Waals surface area (Å²) in [6.45, 7) is 0.351. The lowest BCUT2D eigenvalue weighted by Gasteiger charge is -2.29. The monoisotopic (exact) mass is 425 g/mol. The number of methoxy groups -OCH3 is 1. The highest BCUT2D eigenvalue weighted by Gasteiger charge is 2.30. The molecule has 3 aromatic carbocycles. The third-order valence-corrected chi connectivity index (χ3v) is 5.11. The van der Waals surface area contributed by atoms with Crippen LogP contribution in [-0.2, 0) is 4.79 Å². The van der Waals surface area contributed by atoms with Gasteiger partial charge < -0.3 is 9.47 Å². The van der Waals surface area contributed by atoms with Crippen LogP contribution in [0.15, 0.2) is 96.1 Å². The van der Waals surface area contributed by atoms with Crippen molar-refractivity contribution in [2.24, 2.45) is 0 Å². The zero-order valence-corrected chi connectivity index (χ0v) is 17.7. The minimum absolute atomic E-state index is 0.0637. The fraction of sp³-hybridized carbons (Fsp3) is 0.111. The smallest absolute Gasteiger partial charge is 0.415 e. The summed E-state index contributed by atoms with van der Waals surface area (Å²) in [5.74, 6) is 1.02. The maximum atomic E-state index is 13.2. The van der Waals surface area contributed by atoms with Crippen molar-refractivity contribution in [3.63, 3.8) is 0 Å². The third kappa shape index (κ3) is 5.13. The van der Waals surface area contributed by atoms with Crippen LogP contribution in [0.1, 0.15) is 11.1 Å². The van der Waals surface area contributed by atoms with Crippen molar-refractivity contribution in [2.45, 2.75) is 0 Å². The minimum Gasteiger partial charge on any atom is -0.497 e. The molecule has 0 atom stereocenters. The summed E-state index contributed by atoms with van der Waals surface area (Å²) in [5.41, 5.74) is 2.88. The van der Waals surface area contributed by atoms with Crippen LogP contribution < -0.4 is 9.47 Å². The molecule has 5 nitrogen and oxygen atoms in total. The minimum atomic E-state index is -0.513. The Balaban J connectivity index is 1.62. The van der Waals surface area contributed by atoms with Crippen molar-refractivity contribution < 1.29 is 19.1 Å². The van der Waals surface area contributed by atoms with Gasteiger partial charge in [-0.3, -0.25) is 9.69 Å². The number of rotatable bonds is 4. The van der Waals surface area contributed by atoms with Crippen LogP contribution >= 0.6 is 0 Å². The van der Waals surface area contributed by atoms with Crippen molar-refractivity contribution in [1.82, 2.24) is 4.90 Å². The molecule has 1 heterocycles. The van der Waals surface area contributed by atoms with E-state index in [-0.39, 0.29) is 18.9 Å². The molecule has 32 heavy (non-hydrogen) atoms. The highest BCUT2D eigenvalue weighted by atomic mass is 16.6. The summed E-state index contributed by atoms with van der Waals surface area (Å²) in [6.07, 6.45) is 3.14. The van der Waals surface area contributed by atoms with E-state index in [0.29, 0.717) is 22.6 Å². The van der Waals surface area contributed by atoms with E-state index in [1.165, 1.54) is 4.90 Å². The molecule has 1 aliphatic heterocycles. The summed E-state index contributed by atoms with van der Waals surface area (Å²) in [7, 11) is 1.58. The van der Waals surface area contributed by atoms with E-state index in [1.54, 1.807) is 31.4 Å². The van der Waals surface area contributed by atoms with E-state index in [9.17, 15) is 9.59 Å². The molecule has 1 aliphatic rings. The molecule has 4 rings (SSSR count). The van der Waals surface area contributed by atoms with Gasteiger partial charge in [-0.05, 0) is 47.5 Å². The Kier molecular flexibility index (Phi) is 6.46. The SMILES string of the molecule is COc1ccc(OC(=O)N2C/C(=C\c3ccccc3)C(=O)/C(=C/c3ccccc3)C2)cc1. The standard InChI is InChI=1S/C27H23NO4/c1-31-24-12-14-25(15-13-24)32-27(30)28-18-22(16-20-8-4-2-5-9-20)26(29)23(19-28)17-21-10-6-3-7-11-21/h2-17H,18-19H2,1H3/b22-16+,23-17+. The highest BCUT2D eigenvalue weighted by molar-refractivity contribution is 6.15. The van der Waals surface area contributed by atoms with Crippen molar-refractivity contribution in [3.8, 4) is 11.5 Å². The number of nitrogens with zero attached hydrogens (tertiary/aromatic N) is 1. The van der Waals surface area contributed by atoms with Crippen LogP contribution in [0.4, 0.5) is 4.79 Å². The zero-order chi connectivity index (χ0) is 22.3. The summed E-state index contributed by atoms with van der Waals surface area (Å²) in [6, 6.07) is 26.0. The van der Waals surface area contributed by atoms with Crippen molar-refractivity contribution >= 4 is 24.0 Å². The number of carbonyl (C=O) groups excluding carboxylic acids is 2. The number of hydrogen-bond acceptors (Lipinski definition) is 4. The van der Waals surface area contributed by atoms with Gasteiger partial charge >= 0.3 is 6.09 Å². The van der Waals surface area contributed by atoms with Gasteiger partial charge in [0.25, 0.3) is 0 Å². The number of Topliss-reactive ketones (excluding diaryl/α,β-unsaturated/α-hetero) is 1. The van der Waals surface area contributed by atoms with Crippen molar-refractivity contribution in [3.05, 3.63) is 107 Å². The van der Waals surface area contributed by atoms with Crippen LogP contribution in [-0.4, -0.2) is 37.0 Å². The van der Waals surface area contributed by atoms with E-state index in [4.69, 9.17) is 9.47 Å². The number of ether oxygens (including phenoxy) is 2. The molecular formula is C27H23NO4. The van der Waals surface area contributed by atoms with E-state index >= 15 is 0 Å². The van der Waals surface area contributed by atoms with Gasteiger partial charge in [-0.2, -0.15) is 0 Å². The maximum absolute atomic E-state index is 13.2. The predicted molar refractivity (Wildman–Crippen MR) is 124 cm³/mol. The number of piperidine rings is 1. The first-order valence-corrected chi connectivity index (χ1v) is 10.3. The number of benzene rings is 3. The first-order valence-electron chi connectivity index (χ1n) is 10.3. The van der Waals surface area contributed by atoms with Crippen LogP contribution in [0.3, 0.4) is 0 Å². The lowest BCUT2D eigenvalue weighted by molar-refractivity contribution is -0.113. The summed E-state index contributed by atoms with van der Waals surface area (Å²) in [5, 5.41) is 0. The van der Waals surface area contributed by atoms with Gasteiger partial charge in [0.05, 0.1) is 20.2 Å². The van der Waals surface area contributed by atoms with Gasteiger partial charge in [-0.1, -0.05) is 60.7 Å². The Morgan fingerprint density at radius 1 is 0.750 bits per heavy atom. The predicted octanol–water partition coefficient (Wildman–Crippen LogP) is 5.25. The average Bonchev–Trinajstić information content (AvgIpc) is 2.83.